The number of rotatable bonds is 4. The highest BCUT2D eigenvalue weighted by Crippen LogP contribution is 2.20. The van der Waals surface area contributed by atoms with Gasteiger partial charge < -0.3 is 10.6 Å². The Hall–Kier alpha value is -2.00. The van der Waals surface area contributed by atoms with E-state index in [1.807, 2.05) is 49.4 Å². The normalized spacial score (nSPS) is 10.2. The SMILES string of the molecule is CNC(=O)c1ccc(C)c(NCc2ccccc2Cl)c1. The minimum absolute atomic E-state index is 0.0919. The maximum absolute atomic E-state index is 11.6. The maximum Gasteiger partial charge on any atom is 0.251 e. The molecule has 0 aliphatic rings. The zero-order valence-electron chi connectivity index (χ0n) is 11.5. The Morgan fingerprint density at radius 1 is 1.20 bits per heavy atom. The summed E-state index contributed by atoms with van der Waals surface area (Å²) in [7, 11) is 1.62. The number of carbonyl (C=O) groups excluding carboxylic acids is 1. The molecule has 104 valence electrons. The first-order chi connectivity index (χ1) is 9.61. The van der Waals surface area contributed by atoms with E-state index in [-0.39, 0.29) is 5.91 Å². The van der Waals surface area contributed by atoms with Crippen LogP contribution in [0.1, 0.15) is 21.5 Å². The van der Waals surface area contributed by atoms with Crippen molar-refractivity contribution in [3.63, 3.8) is 0 Å². The summed E-state index contributed by atoms with van der Waals surface area (Å²) in [5.74, 6) is -0.0919. The molecule has 0 saturated carbocycles. The number of benzene rings is 2. The van der Waals surface area contributed by atoms with Crippen LogP contribution in [0.2, 0.25) is 5.02 Å². The largest absolute Gasteiger partial charge is 0.381 e. The van der Waals surface area contributed by atoms with E-state index in [0.717, 1.165) is 21.8 Å². The molecule has 0 fully saturated rings. The molecular formula is C16H17ClN2O. The molecule has 4 heteroatoms. The molecule has 0 atom stereocenters. The van der Waals surface area contributed by atoms with Crippen molar-refractivity contribution in [3.05, 3.63) is 64.2 Å². The summed E-state index contributed by atoms with van der Waals surface area (Å²) in [6.45, 7) is 2.63. The molecule has 0 aliphatic carbocycles. The van der Waals surface area contributed by atoms with E-state index in [1.54, 1.807) is 7.05 Å². The van der Waals surface area contributed by atoms with Crippen molar-refractivity contribution in [3.8, 4) is 0 Å². The van der Waals surface area contributed by atoms with Gasteiger partial charge in [-0.2, -0.15) is 0 Å². The molecule has 2 rings (SSSR count). The third kappa shape index (κ3) is 3.31. The van der Waals surface area contributed by atoms with Crippen LogP contribution in [0.4, 0.5) is 5.69 Å². The van der Waals surface area contributed by atoms with E-state index in [2.05, 4.69) is 10.6 Å². The quantitative estimate of drug-likeness (QED) is 0.902. The van der Waals surface area contributed by atoms with Gasteiger partial charge in [0.15, 0.2) is 0 Å². The van der Waals surface area contributed by atoms with E-state index < -0.39 is 0 Å². The van der Waals surface area contributed by atoms with Gasteiger partial charge >= 0.3 is 0 Å². The number of hydrogen-bond donors (Lipinski definition) is 2. The summed E-state index contributed by atoms with van der Waals surface area (Å²) in [4.78, 5) is 11.6. The number of amides is 1. The van der Waals surface area contributed by atoms with Gasteiger partial charge in [0.25, 0.3) is 5.91 Å². The lowest BCUT2D eigenvalue weighted by Gasteiger charge is -2.12. The van der Waals surface area contributed by atoms with Crippen molar-refractivity contribution in [2.24, 2.45) is 0 Å². The molecule has 0 radical (unpaired) electrons. The van der Waals surface area contributed by atoms with Gasteiger partial charge in [-0.1, -0.05) is 35.9 Å². The van der Waals surface area contributed by atoms with Crippen molar-refractivity contribution in [1.29, 1.82) is 0 Å². The van der Waals surface area contributed by atoms with Gasteiger partial charge in [-0.3, -0.25) is 4.79 Å². The zero-order valence-corrected chi connectivity index (χ0v) is 12.3. The summed E-state index contributed by atoms with van der Waals surface area (Å²) in [5.41, 5.74) is 3.69. The summed E-state index contributed by atoms with van der Waals surface area (Å²) < 4.78 is 0. The summed E-state index contributed by atoms with van der Waals surface area (Å²) in [6, 6.07) is 13.3. The molecule has 0 spiro atoms. The Morgan fingerprint density at radius 3 is 2.65 bits per heavy atom. The van der Waals surface area contributed by atoms with Crippen LogP contribution >= 0.6 is 11.6 Å². The molecule has 2 aromatic rings. The number of anilines is 1. The molecule has 2 aromatic carbocycles. The average molecular weight is 289 g/mol. The van der Waals surface area contributed by atoms with E-state index in [0.29, 0.717) is 12.1 Å². The number of carbonyl (C=O) groups is 1. The van der Waals surface area contributed by atoms with Crippen LogP contribution in [-0.2, 0) is 6.54 Å². The second-order valence-corrected chi connectivity index (χ2v) is 4.96. The Morgan fingerprint density at radius 2 is 1.95 bits per heavy atom. The number of nitrogens with one attached hydrogen (secondary N) is 2. The highest BCUT2D eigenvalue weighted by atomic mass is 35.5. The molecule has 0 unspecified atom stereocenters. The van der Waals surface area contributed by atoms with Gasteiger partial charge in [0.2, 0.25) is 0 Å². The molecule has 0 heterocycles. The monoisotopic (exact) mass is 288 g/mol. The van der Waals surface area contributed by atoms with Crippen molar-refractivity contribution in [2.75, 3.05) is 12.4 Å². The first-order valence-corrected chi connectivity index (χ1v) is 6.79. The van der Waals surface area contributed by atoms with Gasteiger partial charge in [0.05, 0.1) is 0 Å². The van der Waals surface area contributed by atoms with E-state index in [9.17, 15) is 4.79 Å². The Bertz CT molecular complexity index is 626. The third-order valence-electron chi connectivity index (χ3n) is 3.15. The molecule has 1 amide bonds. The minimum atomic E-state index is -0.0919. The fraction of sp³-hybridized carbons (Fsp3) is 0.188. The predicted molar refractivity (Wildman–Crippen MR) is 83.3 cm³/mol. The first kappa shape index (κ1) is 14.4. The van der Waals surface area contributed by atoms with E-state index in [4.69, 9.17) is 11.6 Å². The lowest BCUT2D eigenvalue weighted by molar-refractivity contribution is 0.0963. The number of hydrogen-bond acceptors (Lipinski definition) is 2. The van der Waals surface area contributed by atoms with E-state index in [1.165, 1.54) is 0 Å². The Labute approximate surface area is 124 Å². The molecule has 0 bridgehead atoms. The fourth-order valence-electron chi connectivity index (χ4n) is 1.93. The average Bonchev–Trinajstić information content (AvgIpc) is 2.47. The highest BCUT2D eigenvalue weighted by molar-refractivity contribution is 6.31. The van der Waals surface area contributed by atoms with Gasteiger partial charge in [-0.25, -0.2) is 0 Å². The van der Waals surface area contributed by atoms with Crippen LogP contribution in [0.25, 0.3) is 0 Å². The van der Waals surface area contributed by atoms with Gasteiger partial charge in [0, 0.05) is 29.9 Å². The molecule has 3 nitrogen and oxygen atoms in total. The smallest absolute Gasteiger partial charge is 0.251 e. The van der Waals surface area contributed by atoms with Crippen LogP contribution < -0.4 is 10.6 Å². The third-order valence-corrected chi connectivity index (χ3v) is 3.52. The number of aryl methyl sites for hydroxylation is 1. The van der Waals surface area contributed by atoms with Gasteiger partial charge in [0.1, 0.15) is 0 Å². The predicted octanol–water partition coefficient (Wildman–Crippen LogP) is 3.62. The van der Waals surface area contributed by atoms with Crippen LogP contribution in [0.3, 0.4) is 0 Å². The Balaban J connectivity index is 2.17. The zero-order chi connectivity index (χ0) is 14.5. The first-order valence-electron chi connectivity index (χ1n) is 6.42. The second kappa shape index (κ2) is 6.44. The Kier molecular flexibility index (Phi) is 4.64. The van der Waals surface area contributed by atoms with Crippen molar-refractivity contribution >= 4 is 23.2 Å². The van der Waals surface area contributed by atoms with Crippen molar-refractivity contribution < 1.29 is 4.79 Å². The summed E-state index contributed by atoms with van der Waals surface area (Å²) >= 11 is 6.13. The summed E-state index contributed by atoms with van der Waals surface area (Å²) in [5, 5.41) is 6.68. The lowest BCUT2D eigenvalue weighted by Crippen LogP contribution is -2.18. The van der Waals surface area contributed by atoms with E-state index >= 15 is 0 Å². The fourth-order valence-corrected chi connectivity index (χ4v) is 2.13. The van der Waals surface area contributed by atoms with Gasteiger partial charge in [-0.05, 0) is 36.2 Å². The highest BCUT2D eigenvalue weighted by Gasteiger charge is 2.07. The van der Waals surface area contributed by atoms with Crippen LogP contribution in [0, 0.1) is 6.92 Å². The van der Waals surface area contributed by atoms with Crippen molar-refractivity contribution in [1.82, 2.24) is 5.32 Å². The molecule has 0 saturated heterocycles. The maximum atomic E-state index is 11.6. The number of halogens is 1. The topological polar surface area (TPSA) is 41.1 Å². The standard InChI is InChI=1S/C16H17ClN2O/c1-11-7-8-12(16(20)18-2)9-15(11)19-10-13-5-3-4-6-14(13)17/h3-9,19H,10H2,1-2H3,(H,18,20). The van der Waals surface area contributed by atoms with Crippen molar-refractivity contribution in [2.45, 2.75) is 13.5 Å². The molecule has 2 N–H and O–H groups in total. The van der Waals surface area contributed by atoms with Gasteiger partial charge in [-0.15, -0.1) is 0 Å². The summed E-state index contributed by atoms with van der Waals surface area (Å²) in [6.07, 6.45) is 0. The molecule has 0 aromatic heterocycles. The second-order valence-electron chi connectivity index (χ2n) is 4.55. The molecule has 0 aliphatic heterocycles. The molecule has 20 heavy (non-hydrogen) atoms. The van der Waals surface area contributed by atoms with Crippen LogP contribution in [-0.4, -0.2) is 13.0 Å². The molecular weight excluding hydrogens is 272 g/mol. The van der Waals surface area contributed by atoms with Crippen LogP contribution in [0.5, 0.6) is 0 Å². The minimum Gasteiger partial charge on any atom is -0.381 e. The van der Waals surface area contributed by atoms with Crippen LogP contribution in [0.15, 0.2) is 42.5 Å². The lowest BCUT2D eigenvalue weighted by atomic mass is 10.1.